The number of carbonyl (C=O) groups is 2. The smallest absolute Gasteiger partial charge is 0.323 e. The minimum absolute atomic E-state index is 0.302. The maximum atomic E-state index is 13.0. The molecule has 0 bridgehead atoms. The third-order valence-electron chi connectivity index (χ3n) is 4.78. The second-order valence-electron chi connectivity index (χ2n) is 6.90. The zero-order valence-corrected chi connectivity index (χ0v) is 15.5. The van der Waals surface area contributed by atoms with Crippen LogP contribution in [-0.4, -0.2) is 66.6 Å². The summed E-state index contributed by atoms with van der Waals surface area (Å²) >= 11 is 0. The molecule has 1 aliphatic heterocycles. The Hall–Kier alpha value is -2.70. The molecule has 2 aromatic rings. The normalized spacial score (nSPS) is 15.4. The molecule has 3 rings (SSSR count). The number of carbonyl (C=O) groups excluding carboxylic acids is 1. The van der Waals surface area contributed by atoms with Gasteiger partial charge in [0.15, 0.2) is 0 Å². The van der Waals surface area contributed by atoms with Gasteiger partial charge in [-0.25, -0.2) is 0 Å². The fourth-order valence-corrected chi connectivity index (χ4v) is 3.25. The molecule has 2 aromatic carbocycles. The number of rotatable bonds is 6. The number of amides is 1. The lowest BCUT2D eigenvalue weighted by Crippen LogP contribution is -2.43. The highest BCUT2D eigenvalue weighted by Gasteiger charge is 2.21. The van der Waals surface area contributed by atoms with Crippen molar-refractivity contribution in [3.8, 4) is 0 Å². The number of nitrogens with zero attached hydrogens (tertiary/aromatic N) is 3. The quantitative estimate of drug-likeness (QED) is 0.848. The lowest BCUT2D eigenvalue weighted by atomic mass is 10.1. The van der Waals surface area contributed by atoms with Gasteiger partial charge in [-0.3, -0.25) is 19.4 Å². The van der Waals surface area contributed by atoms with Crippen LogP contribution in [0.1, 0.15) is 15.9 Å². The molecule has 1 saturated heterocycles. The van der Waals surface area contributed by atoms with Gasteiger partial charge in [-0.2, -0.15) is 0 Å². The first-order chi connectivity index (χ1) is 13.0. The molecule has 0 atom stereocenters. The van der Waals surface area contributed by atoms with E-state index in [4.69, 9.17) is 0 Å². The molecule has 142 valence electrons. The SMILES string of the molecule is CN1CCN(Cc2cccc(C(=O)N(CC(=O)O)c3ccccc3)c2)CC1. The van der Waals surface area contributed by atoms with Crippen molar-refractivity contribution in [3.63, 3.8) is 0 Å². The standard InChI is InChI=1S/C21H25N3O3/c1-22-10-12-23(13-11-22)15-17-6-5-7-18(14-17)21(27)24(16-20(25)26)19-8-3-2-4-9-19/h2-9,14H,10-13,15-16H2,1H3,(H,25,26). The van der Waals surface area contributed by atoms with E-state index in [0.29, 0.717) is 11.3 Å². The van der Waals surface area contributed by atoms with Crippen molar-refractivity contribution in [2.24, 2.45) is 0 Å². The molecule has 0 aliphatic carbocycles. The van der Waals surface area contributed by atoms with E-state index in [1.54, 1.807) is 30.3 Å². The summed E-state index contributed by atoms with van der Waals surface area (Å²) in [5, 5.41) is 9.23. The highest BCUT2D eigenvalue weighted by atomic mass is 16.4. The summed E-state index contributed by atoms with van der Waals surface area (Å²) in [4.78, 5) is 30.3. The lowest BCUT2D eigenvalue weighted by Gasteiger charge is -2.32. The van der Waals surface area contributed by atoms with Crippen LogP contribution in [0.15, 0.2) is 54.6 Å². The number of hydrogen-bond donors (Lipinski definition) is 1. The van der Waals surface area contributed by atoms with E-state index in [1.807, 2.05) is 24.3 Å². The van der Waals surface area contributed by atoms with Gasteiger partial charge in [-0.15, -0.1) is 0 Å². The van der Waals surface area contributed by atoms with Crippen molar-refractivity contribution in [2.75, 3.05) is 44.7 Å². The van der Waals surface area contributed by atoms with Crippen LogP contribution in [-0.2, 0) is 11.3 Å². The predicted molar refractivity (Wildman–Crippen MR) is 105 cm³/mol. The average Bonchev–Trinajstić information content (AvgIpc) is 2.68. The van der Waals surface area contributed by atoms with E-state index in [2.05, 4.69) is 16.8 Å². The Morgan fingerprint density at radius 2 is 1.70 bits per heavy atom. The van der Waals surface area contributed by atoms with Crippen LogP contribution in [0.4, 0.5) is 5.69 Å². The van der Waals surface area contributed by atoms with Crippen molar-refractivity contribution < 1.29 is 14.7 Å². The molecule has 0 saturated carbocycles. The highest BCUT2D eigenvalue weighted by Crippen LogP contribution is 2.18. The second kappa shape index (κ2) is 8.79. The van der Waals surface area contributed by atoms with Gasteiger partial charge in [0.1, 0.15) is 6.54 Å². The number of benzene rings is 2. The molecule has 0 spiro atoms. The number of likely N-dealkylation sites (N-methyl/N-ethyl adjacent to an activating group) is 1. The number of carboxylic acid groups (broad SMARTS) is 1. The molecule has 27 heavy (non-hydrogen) atoms. The van der Waals surface area contributed by atoms with E-state index in [0.717, 1.165) is 38.3 Å². The number of piperazine rings is 1. The van der Waals surface area contributed by atoms with Crippen molar-refractivity contribution in [2.45, 2.75) is 6.54 Å². The van der Waals surface area contributed by atoms with Gasteiger partial charge in [0.25, 0.3) is 5.91 Å². The fraction of sp³-hybridized carbons (Fsp3) is 0.333. The van der Waals surface area contributed by atoms with Crippen molar-refractivity contribution in [1.82, 2.24) is 9.80 Å². The lowest BCUT2D eigenvalue weighted by molar-refractivity contribution is -0.135. The predicted octanol–water partition coefficient (Wildman–Crippen LogP) is 2.17. The Balaban J connectivity index is 1.77. The van der Waals surface area contributed by atoms with E-state index in [1.165, 1.54) is 4.90 Å². The van der Waals surface area contributed by atoms with Crippen LogP contribution < -0.4 is 4.90 Å². The number of carboxylic acids is 1. The Morgan fingerprint density at radius 3 is 2.37 bits per heavy atom. The summed E-state index contributed by atoms with van der Waals surface area (Å²) in [5.74, 6) is -1.34. The van der Waals surface area contributed by atoms with Gasteiger partial charge in [-0.1, -0.05) is 30.3 Å². The summed E-state index contributed by atoms with van der Waals surface area (Å²) in [7, 11) is 2.12. The van der Waals surface area contributed by atoms with Crippen molar-refractivity contribution >= 4 is 17.6 Å². The molecule has 6 heteroatoms. The van der Waals surface area contributed by atoms with Gasteiger partial charge in [0, 0.05) is 44.0 Å². The Labute approximate surface area is 159 Å². The summed E-state index contributed by atoms with van der Waals surface area (Å²) in [5.41, 5.74) is 2.15. The number of hydrogen-bond acceptors (Lipinski definition) is 4. The fourth-order valence-electron chi connectivity index (χ4n) is 3.25. The Bertz CT molecular complexity index is 786. The first-order valence-corrected chi connectivity index (χ1v) is 9.11. The molecule has 0 unspecified atom stereocenters. The van der Waals surface area contributed by atoms with E-state index in [9.17, 15) is 14.7 Å². The first kappa shape index (κ1) is 19.1. The van der Waals surface area contributed by atoms with Crippen LogP contribution in [0.5, 0.6) is 0 Å². The maximum absolute atomic E-state index is 13.0. The summed E-state index contributed by atoms with van der Waals surface area (Å²) in [6.45, 7) is 4.51. The first-order valence-electron chi connectivity index (χ1n) is 9.11. The topological polar surface area (TPSA) is 64.1 Å². The van der Waals surface area contributed by atoms with Crippen molar-refractivity contribution in [1.29, 1.82) is 0 Å². The Morgan fingerprint density at radius 1 is 1.00 bits per heavy atom. The molecule has 1 fully saturated rings. The van der Waals surface area contributed by atoms with Crippen LogP contribution in [0, 0.1) is 0 Å². The van der Waals surface area contributed by atoms with Crippen LogP contribution in [0.2, 0.25) is 0 Å². The zero-order valence-electron chi connectivity index (χ0n) is 15.5. The minimum Gasteiger partial charge on any atom is -0.480 e. The van der Waals surface area contributed by atoms with Gasteiger partial charge >= 0.3 is 5.97 Å². The average molecular weight is 367 g/mol. The second-order valence-corrected chi connectivity index (χ2v) is 6.90. The van der Waals surface area contributed by atoms with E-state index in [-0.39, 0.29) is 12.5 Å². The highest BCUT2D eigenvalue weighted by molar-refractivity contribution is 6.08. The number of anilines is 1. The molecule has 1 N–H and O–H groups in total. The molecule has 0 radical (unpaired) electrons. The summed E-state index contributed by atoms with van der Waals surface area (Å²) < 4.78 is 0. The molecular formula is C21H25N3O3. The minimum atomic E-state index is -1.04. The van der Waals surface area contributed by atoms with Gasteiger partial charge in [0.05, 0.1) is 0 Å². The third kappa shape index (κ3) is 5.15. The zero-order chi connectivity index (χ0) is 19.2. The largest absolute Gasteiger partial charge is 0.480 e. The third-order valence-corrected chi connectivity index (χ3v) is 4.78. The van der Waals surface area contributed by atoms with Gasteiger partial charge in [-0.05, 0) is 36.9 Å². The van der Waals surface area contributed by atoms with Gasteiger partial charge < -0.3 is 10.0 Å². The molecule has 0 aromatic heterocycles. The molecule has 1 heterocycles. The summed E-state index contributed by atoms with van der Waals surface area (Å²) in [6.07, 6.45) is 0. The number of aliphatic carboxylic acids is 1. The maximum Gasteiger partial charge on any atom is 0.323 e. The molecule has 1 aliphatic rings. The van der Waals surface area contributed by atoms with Crippen LogP contribution >= 0.6 is 0 Å². The van der Waals surface area contributed by atoms with Crippen LogP contribution in [0.25, 0.3) is 0 Å². The molecular weight excluding hydrogens is 342 g/mol. The monoisotopic (exact) mass is 367 g/mol. The van der Waals surface area contributed by atoms with Crippen LogP contribution in [0.3, 0.4) is 0 Å². The summed E-state index contributed by atoms with van der Waals surface area (Å²) in [6, 6.07) is 16.4. The molecule has 6 nitrogen and oxygen atoms in total. The molecule has 1 amide bonds. The van der Waals surface area contributed by atoms with E-state index >= 15 is 0 Å². The van der Waals surface area contributed by atoms with Gasteiger partial charge in [0.2, 0.25) is 0 Å². The Kier molecular flexibility index (Phi) is 6.21. The van der Waals surface area contributed by atoms with E-state index < -0.39 is 5.97 Å². The number of para-hydroxylation sites is 1. The van der Waals surface area contributed by atoms with Crippen molar-refractivity contribution in [3.05, 3.63) is 65.7 Å².